The summed E-state index contributed by atoms with van der Waals surface area (Å²) in [6.45, 7) is 4.49. The number of benzene rings is 1. The first-order valence-electron chi connectivity index (χ1n) is 8.99. The number of hydrogen-bond acceptors (Lipinski definition) is 4. The number of carbonyl (C=O) groups is 2. The predicted molar refractivity (Wildman–Crippen MR) is 93.6 cm³/mol. The van der Waals surface area contributed by atoms with Gasteiger partial charge in [-0.2, -0.15) is 0 Å². The van der Waals surface area contributed by atoms with Crippen LogP contribution < -0.4 is 20.1 Å². The van der Waals surface area contributed by atoms with Crippen molar-refractivity contribution in [1.29, 1.82) is 0 Å². The molecule has 6 nitrogen and oxygen atoms in total. The first-order valence-corrected chi connectivity index (χ1v) is 8.99. The van der Waals surface area contributed by atoms with Crippen LogP contribution in [0.2, 0.25) is 0 Å². The lowest BCUT2D eigenvalue weighted by Gasteiger charge is -2.37. The van der Waals surface area contributed by atoms with Gasteiger partial charge in [0.25, 0.3) is 0 Å². The molecule has 0 spiro atoms. The van der Waals surface area contributed by atoms with Gasteiger partial charge in [0.2, 0.25) is 11.8 Å². The third-order valence-corrected chi connectivity index (χ3v) is 4.97. The molecular formula is C19H26N2O4. The van der Waals surface area contributed by atoms with E-state index in [0.29, 0.717) is 31.8 Å². The van der Waals surface area contributed by atoms with Crippen LogP contribution in [0.4, 0.5) is 0 Å². The van der Waals surface area contributed by atoms with E-state index >= 15 is 0 Å². The fourth-order valence-electron chi connectivity index (χ4n) is 3.65. The first kappa shape index (κ1) is 17.6. The Kier molecular flexibility index (Phi) is 5.16. The SMILES string of the molecule is CC(=O)NC1(C(=O)N[C@@H](C)c2ccc3c(c2)OCCO3)CCCCC1. The van der Waals surface area contributed by atoms with E-state index in [4.69, 9.17) is 9.47 Å². The largest absolute Gasteiger partial charge is 0.486 e. The van der Waals surface area contributed by atoms with Crippen LogP contribution in [0.25, 0.3) is 0 Å². The monoisotopic (exact) mass is 346 g/mol. The van der Waals surface area contributed by atoms with Gasteiger partial charge in [0.1, 0.15) is 18.8 Å². The molecule has 1 aromatic rings. The number of fused-ring (bicyclic) bond motifs is 1. The van der Waals surface area contributed by atoms with Crippen LogP contribution in [0.5, 0.6) is 11.5 Å². The van der Waals surface area contributed by atoms with Crippen molar-refractivity contribution in [3.05, 3.63) is 23.8 Å². The lowest BCUT2D eigenvalue weighted by Crippen LogP contribution is -2.59. The second kappa shape index (κ2) is 7.33. The molecule has 1 aliphatic carbocycles. The summed E-state index contributed by atoms with van der Waals surface area (Å²) in [7, 11) is 0. The zero-order valence-corrected chi connectivity index (χ0v) is 14.9. The summed E-state index contributed by atoms with van der Waals surface area (Å²) in [4.78, 5) is 24.6. The van der Waals surface area contributed by atoms with Crippen molar-refractivity contribution in [2.45, 2.75) is 57.5 Å². The van der Waals surface area contributed by atoms with Crippen molar-refractivity contribution >= 4 is 11.8 Å². The van der Waals surface area contributed by atoms with Crippen molar-refractivity contribution in [2.24, 2.45) is 0 Å². The van der Waals surface area contributed by atoms with Crippen molar-refractivity contribution < 1.29 is 19.1 Å². The van der Waals surface area contributed by atoms with Crippen molar-refractivity contribution in [1.82, 2.24) is 10.6 Å². The van der Waals surface area contributed by atoms with Gasteiger partial charge in [-0.25, -0.2) is 0 Å². The summed E-state index contributed by atoms with van der Waals surface area (Å²) >= 11 is 0. The van der Waals surface area contributed by atoms with Crippen LogP contribution in [-0.4, -0.2) is 30.6 Å². The highest BCUT2D eigenvalue weighted by atomic mass is 16.6. The number of hydrogen-bond donors (Lipinski definition) is 2. The van der Waals surface area contributed by atoms with E-state index in [1.54, 1.807) is 0 Å². The molecule has 136 valence electrons. The topological polar surface area (TPSA) is 76.7 Å². The maximum Gasteiger partial charge on any atom is 0.246 e. The second-order valence-electron chi connectivity index (χ2n) is 6.92. The van der Waals surface area contributed by atoms with Gasteiger partial charge in [-0.15, -0.1) is 0 Å². The smallest absolute Gasteiger partial charge is 0.246 e. The van der Waals surface area contributed by atoms with E-state index in [0.717, 1.165) is 30.6 Å². The van der Waals surface area contributed by atoms with Gasteiger partial charge >= 0.3 is 0 Å². The fraction of sp³-hybridized carbons (Fsp3) is 0.579. The minimum absolute atomic E-state index is 0.107. The van der Waals surface area contributed by atoms with Crippen LogP contribution in [0.3, 0.4) is 0 Å². The Hall–Kier alpha value is -2.24. The summed E-state index contributed by atoms with van der Waals surface area (Å²) in [5.41, 5.74) is 0.165. The average Bonchev–Trinajstić information content (AvgIpc) is 2.61. The Morgan fingerprint density at radius 2 is 1.76 bits per heavy atom. The van der Waals surface area contributed by atoms with Gasteiger partial charge < -0.3 is 20.1 Å². The maximum atomic E-state index is 12.9. The molecule has 1 atom stereocenters. The van der Waals surface area contributed by atoms with Crippen LogP contribution in [-0.2, 0) is 9.59 Å². The molecule has 0 saturated heterocycles. The molecule has 2 N–H and O–H groups in total. The molecule has 6 heteroatoms. The number of ether oxygens (including phenoxy) is 2. The Labute approximate surface area is 148 Å². The van der Waals surface area contributed by atoms with Crippen LogP contribution in [0.1, 0.15) is 57.6 Å². The minimum atomic E-state index is -0.786. The molecule has 0 bridgehead atoms. The molecule has 1 fully saturated rings. The van der Waals surface area contributed by atoms with Gasteiger partial charge in [-0.05, 0) is 37.5 Å². The zero-order valence-electron chi connectivity index (χ0n) is 14.9. The molecular weight excluding hydrogens is 320 g/mol. The molecule has 1 aliphatic heterocycles. The van der Waals surface area contributed by atoms with Crippen LogP contribution in [0, 0.1) is 0 Å². The van der Waals surface area contributed by atoms with E-state index in [1.807, 2.05) is 25.1 Å². The van der Waals surface area contributed by atoms with Gasteiger partial charge in [-0.3, -0.25) is 9.59 Å². The van der Waals surface area contributed by atoms with Gasteiger partial charge in [0, 0.05) is 6.92 Å². The number of amides is 2. The third kappa shape index (κ3) is 3.89. The van der Waals surface area contributed by atoms with Gasteiger partial charge in [0.05, 0.1) is 6.04 Å². The summed E-state index contributed by atoms with van der Waals surface area (Å²) < 4.78 is 11.1. The molecule has 3 rings (SSSR count). The normalized spacial score (nSPS) is 19.6. The van der Waals surface area contributed by atoms with E-state index in [1.165, 1.54) is 6.92 Å². The second-order valence-corrected chi connectivity index (χ2v) is 6.92. The Morgan fingerprint density at radius 1 is 1.08 bits per heavy atom. The maximum absolute atomic E-state index is 12.9. The molecule has 0 aromatic heterocycles. The lowest BCUT2D eigenvalue weighted by atomic mass is 9.80. The highest BCUT2D eigenvalue weighted by molar-refractivity contribution is 5.91. The highest BCUT2D eigenvalue weighted by Crippen LogP contribution is 2.33. The quantitative estimate of drug-likeness (QED) is 0.878. The summed E-state index contributed by atoms with van der Waals surface area (Å²) in [6, 6.07) is 5.53. The molecule has 2 aliphatic rings. The zero-order chi connectivity index (χ0) is 17.9. The number of carbonyl (C=O) groups excluding carboxylic acids is 2. The number of nitrogens with one attached hydrogen (secondary N) is 2. The van der Waals surface area contributed by atoms with E-state index < -0.39 is 5.54 Å². The standard InChI is InChI=1S/C19H26N2O4/c1-13(15-6-7-16-17(12-15)25-11-10-24-16)20-18(23)19(21-14(2)22)8-4-3-5-9-19/h6-7,12-13H,3-5,8-11H2,1-2H3,(H,20,23)(H,21,22)/t13-/m0/s1. The van der Waals surface area contributed by atoms with Crippen molar-refractivity contribution in [3.8, 4) is 11.5 Å². The molecule has 2 amide bonds. The van der Waals surface area contributed by atoms with Crippen LogP contribution >= 0.6 is 0 Å². The minimum Gasteiger partial charge on any atom is -0.486 e. The average molecular weight is 346 g/mol. The van der Waals surface area contributed by atoms with Gasteiger partial charge in [0.15, 0.2) is 11.5 Å². The van der Waals surface area contributed by atoms with Crippen molar-refractivity contribution in [3.63, 3.8) is 0 Å². The lowest BCUT2D eigenvalue weighted by molar-refractivity contribution is -0.134. The fourth-order valence-corrected chi connectivity index (χ4v) is 3.65. The van der Waals surface area contributed by atoms with Gasteiger partial charge in [-0.1, -0.05) is 25.3 Å². The molecule has 0 unspecified atom stereocenters. The Bertz CT molecular complexity index is 653. The van der Waals surface area contributed by atoms with E-state index in [2.05, 4.69) is 10.6 Å². The highest BCUT2D eigenvalue weighted by Gasteiger charge is 2.40. The van der Waals surface area contributed by atoms with E-state index in [-0.39, 0.29) is 17.9 Å². The molecule has 1 heterocycles. The molecule has 0 radical (unpaired) electrons. The number of rotatable bonds is 4. The molecule has 1 saturated carbocycles. The first-order chi connectivity index (χ1) is 12.0. The Balaban J connectivity index is 1.73. The van der Waals surface area contributed by atoms with Crippen molar-refractivity contribution in [2.75, 3.05) is 13.2 Å². The van der Waals surface area contributed by atoms with E-state index in [9.17, 15) is 9.59 Å². The summed E-state index contributed by atoms with van der Waals surface area (Å²) in [6.07, 6.45) is 4.38. The molecule has 25 heavy (non-hydrogen) atoms. The molecule has 1 aromatic carbocycles. The van der Waals surface area contributed by atoms with Crippen LogP contribution in [0.15, 0.2) is 18.2 Å². The predicted octanol–water partition coefficient (Wildman–Crippen LogP) is 2.47. The Morgan fingerprint density at radius 3 is 2.44 bits per heavy atom. The summed E-state index contributed by atoms with van der Waals surface area (Å²) in [5.74, 6) is 1.17. The third-order valence-electron chi connectivity index (χ3n) is 4.97. The summed E-state index contributed by atoms with van der Waals surface area (Å²) in [5, 5.41) is 5.97.